The minimum atomic E-state index is -3.13. The summed E-state index contributed by atoms with van der Waals surface area (Å²) in [5.74, 6) is 0.484. The molecule has 0 radical (unpaired) electrons. The minimum Gasteiger partial charge on any atom is -0.271 e. The summed E-state index contributed by atoms with van der Waals surface area (Å²) in [6, 6.07) is 0. The highest BCUT2D eigenvalue weighted by molar-refractivity contribution is 9.09. The molecule has 0 aromatic carbocycles. The smallest absolute Gasteiger partial charge is 0.178 e. The third-order valence-corrected chi connectivity index (χ3v) is 4.26. The van der Waals surface area contributed by atoms with E-state index in [4.69, 9.17) is 0 Å². The summed E-state index contributed by atoms with van der Waals surface area (Å²) >= 11 is 3.42. The molecule has 0 aliphatic heterocycles. The van der Waals surface area contributed by atoms with Crippen LogP contribution in [0.25, 0.3) is 0 Å². The third-order valence-electron chi connectivity index (χ3n) is 2.28. The maximum absolute atomic E-state index is 11.2. The Bertz CT molecular complexity index is 410. The van der Waals surface area contributed by atoms with E-state index in [0.717, 1.165) is 18.3 Å². The Hall–Kier alpha value is -0.360. The molecule has 0 fully saturated rings. The molecule has 0 aliphatic rings. The lowest BCUT2D eigenvalue weighted by Gasteiger charge is -2.10. The molecule has 15 heavy (non-hydrogen) atoms. The maximum Gasteiger partial charge on any atom is 0.178 e. The average Bonchev–Trinajstić information content (AvgIpc) is 2.61. The molecule has 0 bridgehead atoms. The largest absolute Gasteiger partial charge is 0.271 e. The number of halogens is 1. The van der Waals surface area contributed by atoms with E-state index >= 15 is 0 Å². The van der Waals surface area contributed by atoms with E-state index < -0.39 is 9.84 Å². The zero-order valence-corrected chi connectivity index (χ0v) is 11.3. The van der Waals surface area contributed by atoms with Gasteiger partial charge in [0.2, 0.25) is 0 Å². The molecule has 1 aromatic heterocycles. The number of alkyl halides is 1. The predicted molar refractivity (Wildman–Crippen MR) is 62.9 cm³/mol. The number of hydrogen-bond acceptors (Lipinski definition) is 3. The van der Waals surface area contributed by atoms with Crippen molar-refractivity contribution in [2.75, 3.05) is 11.6 Å². The molecule has 0 spiro atoms. The van der Waals surface area contributed by atoms with Crippen molar-refractivity contribution in [3.8, 4) is 0 Å². The summed E-state index contributed by atoms with van der Waals surface area (Å²) in [4.78, 5) is 0.284. The highest BCUT2D eigenvalue weighted by atomic mass is 79.9. The normalized spacial score (nSPS) is 14.1. The van der Waals surface area contributed by atoms with E-state index in [1.54, 1.807) is 10.9 Å². The van der Waals surface area contributed by atoms with Crippen molar-refractivity contribution in [1.29, 1.82) is 0 Å². The van der Waals surface area contributed by atoms with Crippen molar-refractivity contribution < 1.29 is 8.42 Å². The second-order valence-corrected chi connectivity index (χ2v) is 6.26. The summed E-state index contributed by atoms with van der Waals surface area (Å²) < 4.78 is 24.1. The Morgan fingerprint density at radius 1 is 1.60 bits per heavy atom. The van der Waals surface area contributed by atoms with Crippen molar-refractivity contribution in [2.24, 2.45) is 5.92 Å². The number of rotatable bonds is 5. The fraction of sp³-hybridized carbons (Fsp3) is 0.667. The van der Waals surface area contributed by atoms with E-state index in [1.165, 1.54) is 12.5 Å². The maximum atomic E-state index is 11.2. The second kappa shape index (κ2) is 5.12. The Labute approximate surface area is 98.7 Å². The van der Waals surface area contributed by atoms with E-state index in [0.29, 0.717) is 5.92 Å². The highest BCUT2D eigenvalue weighted by Crippen LogP contribution is 2.12. The summed E-state index contributed by atoms with van der Waals surface area (Å²) in [7, 11) is -3.13. The van der Waals surface area contributed by atoms with Crippen LogP contribution < -0.4 is 0 Å². The molecular weight excluding hydrogens is 280 g/mol. The van der Waals surface area contributed by atoms with Gasteiger partial charge >= 0.3 is 0 Å². The molecule has 0 saturated carbocycles. The quantitative estimate of drug-likeness (QED) is 0.777. The van der Waals surface area contributed by atoms with E-state index in [2.05, 4.69) is 28.0 Å². The lowest BCUT2D eigenvalue weighted by Crippen LogP contribution is -2.11. The number of hydrogen-bond donors (Lipinski definition) is 0. The van der Waals surface area contributed by atoms with Crippen LogP contribution in [0.15, 0.2) is 17.3 Å². The minimum absolute atomic E-state index is 0.284. The van der Waals surface area contributed by atoms with Crippen LogP contribution in [-0.2, 0) is 16.4 Å². The molecule has 0 amide bonds. The van der Waals surface area contributed by atoms with Crippen LogP contribution in [0.1, 0.15) is 13.3 Å². The summed E-state index contributed by atoms with van der Waals surface area (Å²) in [6.07, 6.45) is 5.21. The standard InChI is InChI=1S/C9H15BrN2O2S/c1-3-8(4-10)6-12-7-9(5-11-12)15(2,13)14/h5,7-8H,3-4,6H2,1-2H3. The fourth-order valence-electron chi connectivity index (χ4n) is 1.19. The molecule has 6 heteroatoms. The van der Waals surface area contributed by atoms with Crippen LogP contribution in [0.2, 0.25) is 0 Å². The van der Waals surface area contributed by atoms with Gasteiger partial charge in [0.15, 0.2) is 9.84 Å². The van der Waals surface area contributed by atoms with Crippen LogP contribution in [0.5, 0.6) is 0 Å². The van der Waals surface area contributed by atoms with Gasteiger partial charge < -0.3 is 0 Å². The molecule has 4 nitrogen and oxygen atoms in total. The Balaban J connectivity index is 2.77. The van der Waals surface area contributed by atoms with E-state index in [-0.39, 0.29) is 4.90 Å². The topological polar surface area (TPSA) is 52.0 Å². The zero-order chi connectivity index (χ0) is 11.5. The molecule has 1 heterocycles. The monoisotopic (exact) mass is 294 g/mol. The number of nitrogens with zero attached hydrogens (tertiary/aromatic N) is 2. The molecule has 1 atom stereocenters. The van der Waals surface area contributed by atoms with Gasteiger partial charge in [-0.25, -0.2) is 8.42 Å². The van der Waals surface area contributed by atoms with Crippen LogP contribution in [0, 0.1) is 5.92 Å². The van der Waals surface area contributed by atoms with Gasteiger partial charge in [-0.1, -0.05) is 29.3 Å². The first kappa shape index (κ1) is 12.7. The fourth-order valence-corrected chi connectivity index (χ4v) is 2.40. The molecule has 0 N–H and O–H groups in total. The lowest BCUT2D eigenvalue weighted by molar-refractivity contribution is 0.447. The Morgan fingerprint density at radius 2 is 2.27 bits per heavy atom. The number of aromatic nitrogens is 2. The van der Waals surface area contributed by atoms with E-state index in [1.807, 2.05) is 0 Å². The first-order chi connectivity index (χ1) is 6.97. The van der Waals surface area contributed by atoms with Gasteiger partial charge in [0.05, 0.1) is 6.20 Å². The van der Waals surface area contributed by atoms with Gasteiger partial charge in [-0.3, -0.25) is 4.68 Å². The third kappa shape index (κ3) is 3.61. The van der Waals surface area contributed by atoms with Crippen LogP contribution >= 0.6 is 15.9 Å². The molecule has 0 saturated heterocycles. The van der Waals surface area contributed by atoms with Gasteiger partial charge in [-0.15, -0.1) is 0 Å². The van der Waals surface area contributed by atoms with Gasteiger partial charge in [-0.05, 0) is 5.92 Å². The number of sulfone groups is 1. The van der Waals surface area contributed by atoms with Crippen molar-refractivity contribution in [3.05, 3.63) is 12.4 Å². The van der Waals surface area contributed by atoms with Crippen LogP contribution in [-0.4, -0.2) is 29.8 Å². The van der Waals surface area contributed by atoms with Crippen LogP contribution in [0.4, 0.5) is 0 Å². The van der Waals surface area contributed by atoms with Gasteiger partial charge in [0.1, 0.15) is 4.90 Å². The zero-order valence-electron chi connectivity index (χ0n) is 8.85. The molecular formula is C9H15BrN2O2S. The predicted octanol–water partition coefficient (Wildman–Crippen LogP) is 1.71. The first-order valence-corrected chi connectivity index (χ1v) is 7.77. The summed E-state index contributed by atoms with van der Waals surface area (Å²) in [5.41, 5.74) is 0. The molecule has 1 unspecified atom stereocenters. The van der Waals surface area contributed by atoms with E-state index in [9.17, 15) is 8.42 Å². The lowest BCUT2D eigenvalue weighted by atomic mass is 10.1. The Morgan fingerprint density at radius 3 is 2.67 bits per heavy atom. The van der Waals surface area contributed by atoms with Gasteiger partial charge in [0.25, 0.3) is 0 Å². The van der Waals surface area contributed by atoms with Gasteiger partial charge in [-0.2, -0.15) is 5.10 Å². The first-order valence-electron chi connectivity index (χ1n) is 4.75. The molecule has 1 aromatic rings. The summed E-state index contributed by atoms with van der Waals surface area (Å²) in [6.45, 7) is 2.85. The SMILES string of the molecule is CCC(CBr)Cn1cc(S(C)(=O)=O)cn1. The van der Waals surface area contributed by atoms with Crippen LogP contribution in [0.3, 0.4) is 0 Å². The molecule has 0 aliphatic carbocycles. The second-order valence-electron chi connectivity index (χ2n) is 3.60. The average molecular weight is 295 g/mol. The molecule has 86 valence electrons. The van der Waals surface area contributed by atoms with Gasteiger partial charge in [0, 0.05) is 24.3 Å². The van der Waals surface area contributed by atoms with Crippen molar-refractivity contribution >= 4 is 25.8 Å². The van der Waals surface area contributed by atoms with Crippen molar-refractivity contribution in [1.82, 2.24) is 9.78 Å². The van der Waals surface area contributed by atoms with Crippen molar-refractivity contribution in [2.45, 2.75) is 24.8 Å². The molecule has 1 rings (SSSR count). The Kier molecular flexibility index (Phi) is 4.33. The highest BCUT2D eigenvalue weighted by Gasteiger charge is 2.11. The summed E-state index contributed by atoms with van der Waals surface area (Å²) in [5, 5.41) is 4.94. The van der Waals surface area contributed by atoms with Crippen molar-refractivity contribution in [3.63, 3.8) is 0 Å².